The number of rotatable bonds is 1. The average molecular weight is 196 g/mol. The second kappa shape index (κ2) is 4.30. The number of likely N-dealkylation sites (tertiary alicyclic amines) is 1. The van der Waals surface area contributed by atoms with Crippen molar-refractivity contribution in [3.8, 4) is 0 Å². The summed E-state index contributed by atoms with van der Waals surface area (Å²) < 4.78 is 0. The van der Waals surface area contributed by atoms with Crippen molar-refractivity contribution in [1.82, 2.24) is 10.2 Å². The van der Waals surface area contributed by atoms with E-state index in [0.717, 1.165) is 32.5 Å². The SMILES string of the molecule is CC1NCCCC1C(=O)N1CCCC1. The van der Waals surface area contributed by atoms with Crippen LogP contribution in [0.1, 0.15) is 32.6 Å². The second-order valence-corrected chi connectivity index (χ2v) is 4.52. The molecule has 1 amide bonds. The molecule has 0 bridgehead atoms. The molecule has 14 heavy (non-hydrogen) atoms. The van der Waals surface area contributed by atoms with E-state index in [4.69, 9.17) is 0 Å². The van der Waals surface area contributed by atoms with Gasteiger partial charge in [-0.1, -0.05) is 0 Å². The van der Waals surface area contributed by atoms with Gasteiger partial charge in [-0.3, -0.25) is 4.79 Å². The van der Waals surface area contributed by atoms with Crippen molar-refractivity contribution in [2.45, 2.75) is 38.6 Å². The zero-order valence-electron chi connectivity index (χ0n) is 8.96. The lowest BCUT2D eigenvalue weighted by Crippen LogP contribution is -2.47. The van der Waals surface area contributed by atoms with Crippen LogP contribution in [0.5, 0.6) is 0 Å². The lowest BCUT2D eigenvalue weighted by atomic mass is 9.91. The number of piperidine rings is 1. The first-order chi connectivity index (χ1) is 6.79. The maximum absolute atomic E-state index is 12.1. The van der Waals surface area contributed by atoms with Crippen LogP contribution in [0.25, 0.3) is 0 Å². The highest BCUT2D eigenvalue weighted by Gasteiger charge is 2.31. The lowest BCUT2D eigenvalue weighted by Gasteiger charge is -2.31. The van der Waals surface area contributed by atoms with Gasteiger partial charge in [-0.05, 0) is 39.2 Å². The van der Waals surface area contributed by atoms with Crippen LogP contribution in [-0.2, 0) is 4.79 Å². The van der Waals surface area contributed by atoms with Crippen molar-refractivity contribution in [1.29, 1.82) is 0 Å². The number of hydrogen-bond acceptors (Lipinski definition) is 2. The summed E-state index contributed by atoms with van der Waals surface area (Å²) >= 11 is 0. The largest absolute Gasteiger partial charge is 0.342 e. The van der Waals surface area contributed by atoms with Crippen LogP contribution in [0, 0.1) is 5.92 Å². The highest BCUT2D eigenvalue weighted by molar-refractivity contribution is 5.79. The number of amides is 1. The number of hydrogen-bond donors (Lipinski definition) is 1. The minimum absolute atomic E-state index is 0.238. The first-order valence-corrected chi connectivity index (χ1v) is 5.81. The first kappa shape index (κ1) is 9.97. The molecule has 2 atom stereocenters. The Kier molecular flexibility index (Phi) is 3.06. The van der Waals surface area contributed by atoms with Crippen molar-refractivity contribution in [2.75, 3.05) is 19.6 Å². The fourth-order valence-corrected chi connectivity index (χ4v) is 2.55. The molecule has 0 spiro atoms. The van der Waals surface area contributed by atoms with Crippen molar-refractivity contribution in [3.05, 3.63) is 0 Å². The third-order valence-electron chi connectivity index (χ3n) is 3.50. The maximum Gasteiger partial charge on any atom is 0.227 e. The fraction of sp³-hybridized carbons (Fsp3) is 0.909. The molecule has 0 aromatic heterocycles. The predicted molar refractivity (Wildman–Crippen MR) is 56.0 cm³/mol. The first-order valence-electron chi connectivity index (χ1n) is 5.81. The smallest absolute Gasteiger partial charge is 0.227 e. The van der Waals surface area contributed by atoms with Gasteiger partial charge in [0.2, 0.25) is 5.91 Å². The van der Waals surface area contributed by atoms with Crippen LogP contribution in [0.2, 0.25) is 0 Å². The monoisotopic (exact) mass is 196 g/mol. The molecule has 2 aliphatic heterocycles. The van der Waals surface area contributed by atoms with E-state index < -0.39 is 0 Å². The summed E-state index contributed by atoms with van der Waals surface area (Å²) in [5.41, 5.74) is 0. The minimum Gasteiger partial charge on any atom is -0.342 e. The third-order valence-corrected chi connectivity index (χ3v) is 3.50. The number of nitrogens with one attached hydrogen (secondary N) is 1. The van der Waals surface area contributed by atoms with E-state index >= 15 is 0 Å². The average Bonchev–Trinajstić information content (AvgIpc) is 2.70. The normalized spacial score (nSPS) is 33.4. The maximum atomic E-state index is 12.1. The van der Waals surface area contributed by atoms with Crippen LogP contribution < -0.4 is 5.32 Å². The van der Waals surface area contributed by atoms with Gasteiger partial charge in [0, 0.05) is 19.1 Å². The van der Waals surface area contributed by atoms with Gasteiger partial charge in [0.05, 0.1) is 5.92 Å². The highest BCUT2D eigenvalue weighted by atomic mass is 16.2. The van der Waals surface area contributed by atoms with E-state index in [9.17, 15) is 4.79 Å². The zero-order chi connectivity index (χ0) is 9.97. The Morgan fingerprint density at radius 3 is 2.64 bits per heavy atom. The van der Waals surface area contributed by atoms with Crippen LogP contribution in [0.3, 0.4) is 0 Å². The Morgan fingerprint density at radius 1 is 1.29 bits per heavy atom. The molecule has 2 unspecified atom stereocenters. The summed E-state index contributed by atoms with van der Waals surface area (Å²) in [5.74, 6) is 0.629. The van der Waals surface area contributed by atoms with E-state index in [0.29, 0.717) is 11.9 Å². The fourth-order valence-electron chi connectivity index (χ4n) is 2.55. The molecule has 3 nitrogen and oxygen atoms in total. The van der Waals surface area contributed by atoms with Crippen molar-refractivity contribution >= 4 is 5.91 Å². The number of carbonyl (C=O) groups is 1. The van der Waals surface area contributed by atoms with Gasteiger partial charge in [-0.15, -0.1) is 0 Å². The minimum atomic E-state index is 0.238. The Bertz CT molecular complexity index is 211. The van der Waals surface area contributed by atoms with Crippen LogP contribution in [-0.4, -0.2) is 36.5 Å². The molecule has 0 aromatic carbocycles. The molecule has 2 aliphatic rings. The zero-order valence-corrected chi connectivity index (χ0v) is 8.96. The molecule has 0 saturated carbocycles. The van der Waals surface area contributed by atoms with E-state index in [1.54, 1.807) is 0 Å². The van der Waals surface area contributed by atoms with E-state index in [2.05, 4.69) is 12.2 Å². The van der Waals surface area contributed by atoms with Gasteiger partial charge in [-0.2, -0.15) is 0 Å². The molecule has 2 rings (SSSR count). The molecule has 2 fully saturated rings. The summed E-state index contributed by atoms with van der Waals surface area (Å²) in [6.45, 7) is 5.19. The molecule has 0 radical (unpaired) electrons. The van der Waals surface area contributed by atoms with Crippen LogP contribution in [0.4, 0.5) is 0 Å². The Labute approximate surface area is 85.8 Å². The summed E-state index contributed by atoms with van der Waals surface area (Å²) in [7, 11) is 0. The Balaban J connectivity index is 1.94. The lowest BCUT2D eigenvalue weighted by molar-refractivity contribution is -0.136. The quantitative estimate of drug-likeness (QED) is 0.678. The van der Waals surface area contributed by atoms with Crippen LogP contribution >= 0.6 is 0 Å². The topological polar surface area (TPSA) is 32.3 Å². The molecular weight excluding hydrogens is 176 g/mol. The molecule has 80 valence electrons. The molecule has 0 aliphatic carbocycles. The van der Waals surface area contributed by atoms with Gasteiger partial charge in [0.1, 0.15) is 0 Å². The predicted octanol–water partition coefficient (Wildman–Crippen LogP) is 0.997. The summed E-state index contributed by atoms with van der Waals surface area (Å²) in [6, 6.07) is 0.372. The highest BCUT2D eigenvalue weighted by Crippen LogP contribution is 2.21. The third kappa shape index (κ3) is 1.92. The molecule has 3 heteroatoms. The van der Waals surface area contributed by atoms with Gasteiger partial charge in [-0.25, -0.2) is 0 Å². The molecule has 1 N–H and O–H groups in total. The summed E-state index contributed by atoms with van der Waals surface area (Å²) in [6.07, 6.45) is 4.61. The Hall–Kier alpha value is -0.570. The van der Waals surface area contributed by atoms with Crippen molar-refractivity contribution in [2.24, 2.45) is 5.92 Å². The Morgan fingerprint density at radius 2 is 2.00 bits per heavy atom. The van der Waals surface area contributed by atoms with Gasteiger partial charge in [0.25, 0.3) is 0 Å². The van der Waals surface area contributed by atoms with Gasteiger partial charge in [0.15, 0.2) is 0 Å². The summed E-state index contributed by atoms with van der Waals surface area (Å²) in [4.78, 5) is 14.1. The standard InChI is InChI=1S/C11H20N2O/c1-9-10(5-4-6-12-9)11(14)13-7-2-3-8-13/h9-10,12H,2-8H2,1H3. The van der Waals surface area contributed by atoms with Crippen LogP contribution in [0.15, 0.2) is 0 Å². The number of carbonyl (C=O) groups excluding carboxylic acids is 1. The van der Waals surface area contributed by atoms with E-state index in [1.165, 1.54) is 12.8 Å². The number of nitrogens with zero attached hydrogens (tertiary/aromatic N) is 1. The molecule has 2 heterocycles. The van der Waals surface area contributed by atoms with Gasteiger partial charge < -0.3 is 10.2 Å². The molecule has 2 saturated heterocycles. The summed E-state index contributed by atoms with van der Waals surface area (Å²) in [5, 5.41) is 3.39. The molecule has 0 aromatic rings. The van der Waals surface area contributed by atoms with E-state index in [1.807, 2.05) is 4.90 Å². The molecular formula is C11H20N2O. The van der Waals surface area contributed by atoms with E-state index in [-0.39, 0.29) is 5.92 Å². The second-order valence-electron chi connectivity index (χ2n) is 4.52. The van der Waals surface area contributed by atoms with Crippen molar-refractivity contribution < 1.29 is 4.79 Å². The van der Waals surface area contributed by atoms with Crippen molar-refractivity contribution in [3.63, 3.8) is 0 Å². The van der Waals surface area contributed by atoms with Gasteiger partial charge >= 0.3 is 0 Å².